The summed E-state index contributed by atoms with van der Waals surface area (Å²) in [7, 11) is 0. The van der Waals surface area contributed by atoms with E-state index in [4.69, 9.17) is 4.84 Å². The Balaban J connectivity index is 2.00. The van der Waals surface area contributed by atoms with Crippen LogP contribution in [0.4, 0.5) is 11.4 Å². The maximum Gasteiger partial charge on any atom is 0.330 e. The zero-order chi connectivity index (χ0) is 17.2. The van der Waals surface area contributed by atoms with Crippen LogP contribution >= 0.6 is 0 Å². The van der Waals surface area contributed by atoms with Crippen molar-refractivity contribution in [2.75, 3.05) is 24.5 Å². The van der Waals surface area contributed by atoms with E-state index in [0.29, 0.717) is 18.8 Å². The number of benzene rings is 1. The number of amides is 1. The average Bonchev–Trinajstić information content (AvgIpc) is 2.46. The van der Waals surface area contributed by atoms with E-state index in [1.54, 1.807) is 20.8 Å². The SMILES string of the molecule is CC(C)(C)C(=O)ON1CCN(c2ccc([N+](=O)[O-])cc2)C(=O)C1. The number of non-ortho nitro benzene ring substituents is 1. The van der Waals surface area contributed by atoms with Gasteiger partial charge in [0.05, 0.1) is 16.9 Å². The van der Waals surface area contributed by atoms with E-state index in [0.717, 1.165) is 0 Å². The molecule has 23 heavy (non-hydrogen) atoms. The molecule has 1 aromatic rings. The predicted octanol–water partition coefficient (Wildman–Crippen LogP) is 1.75. The summed E-state index contributed by atoms with van der Waals surface area (Å²) in [6.07, 6.45) is 0. The molecule has 1 amide bonds. The van der Waals surface area contributed by atoms with Gasteiger partial charge in [-0.2, -0.15) is 0 Å². The lowest BCUT2D eigenvalue weighted by atomic mass is 9.98. The molecule has 0 bridgehead atoms. The molecule has 1 saturated heterocycles. The maximum atomic E-state index is 12.2. The van der Waals surface area contributed by atoms with E-state index in [1.807, 2.05) is 0 Å². The molecule has 0 N–H and O–H groups in total. The second-order valence-electron chi connectivity index (χ2n) is 6.31. The fourth-order valence-electron chi connectivity index (χ4n) is 2.01. The minimum Gasteiger partial charge on any atom is -0.367 e. The third-order valence-corrected chi connectivity index (χ3v) is 3.38. The van der Waals surface area contributed by atoms with Crippen molar-refractivity contribution in [3.8, 4) is 0 Å². The van der Waals surface area contributed by atoms with Gasteiger partial charge in [-0.1, -0.05) is 0 Å². The van der Waals surface area contributed by atoms with Gasteiger partial charge in [-0.25, -0.2) is 4.79 Å². The van der Waals surface area contributed by atoms with E-state index in [-0.39, 0.29) is 18.1 Å². The Morgan fingerprint density at radius 2 is 1.83 bits per heavy atom. The Bertz CT molecular complexity index is 621. The first-order valence-corrected chi connectivity index (χ1v) is 7.20. The van der Waals surface area contributed by atoms with Crippen LogP contribution in [0.25, 0.3) is 0 Å². The largest absolute Gasteiger partial charge is 0.367 e. The van der Waals surface area contributed by atoms with Crippen LogP contribution in [0.3, 0.4) is 0 Å². The van der Waals surface area contributed by atoms with Gasteiger partial charge in [0.1, 0.15) is 6.54 Å². The Morgan fingerprint density at radius 1 is 1.22 bits per heavy atom. The van der Waals surface area contributed by atoms with Crippen LogP contribution in [-0.2, 0) is 14.4 Å². The highest BCUT2D eigenvalue weighted by Crippen LogP contribution is 2.22. The topological polar surface area (TPSA) is 93.0 Å². The minimum absolute atomic E-state index is 0.0288. The first-order valence-electron chi connectivity index (χ1n) is 7.20. The van der Waals surface area contributed by atoms with Crippen molar-refractivity contribution in [2.24, 2.45) is 5.41 Å². The molecule has 1 fully saturated rings. The van der Waals surface area contributed by atoms with Crippen LogP contribution in [0, 0.1) is 15.5 Å². The van der Waals surface area contributed by atoms with E-state index in [2.05, 4.69) is 0 Å². The van der Waals surface area contributed by atoms with Gasteiger partial charge in [0.2, 0.25) is 5.91 Å². The molecule has 1 aliphatic heterocycles. The van der Waals surface area contributed by atoms with Crippen LogP contribution in [0.15, 0.2) is 24.3 Å². The highest BCUT2D eigenvalue weighted by Gasteiger charge is 2.31. The zero-order valence-electron chi connectivity index (χ0n) is 13.3. The number of nitro benzene ring substituents is 1. The second kappa shape index (κ2) is 6.33. The molecule has 1 aromatic carbocycles. The summed E-state index contributed by atoms with van der Waals surface area (Å²) in [5.41, 5.74) is -0.0835. The molecule has 0 saturated carbocycles. The van der Waals surface area contributed by atoms with Crippen LogP contribution in [0.5, 0.6) is 0 Å². The number of piperazine rings is 1. The van der Waals surface area contributed by atoms with Crippen LogP contribution < -0.4 is 4.90 Å². The summed E-state index contributed by atoms with van der Waals surface area (Å²) >= 11 is 0. The van der Waals surface area contributed by atoms with Gasteiger partial charge in [0, 0.05) is 24.4 Å². The van der Waals surface area contributed by atoms with Gasteiger partial charge in [0.15, 0.2) is 0 Å². The van der Waals surface area contributed by atoms with E-state index < -0.39 is 16.3 Å². The fraction of sp³-hybridized carbons (Fsp3) is 0.467. The molecule has 2 rings (SSSR count). The number of nitro groups is 1. The molecular weight excluding hydrogens is 302 g/mol. The van der Waals surface area contributed by atoms with Gasteiger partial charge in [-0.3, -0.25) is 14.9 Å². The molecule has 0 atom stereocenters. The summed E-state index contributed by atoms with van der Waals surface area (Å²) in [6.45, 7) is 5.90. The summed E-state index contributed by atoms with van der Waals surface area (Å²) in [5, 5.41) is 12.0. The molecule has 1 aliphatic rings. The average molecular weight is 321 g/mol. The van der Waals surface area contributed by atoms with Gasteiger partial charge in [-0.05, 0) is 32.9 Å². The first-order chi connectivity index (χ1) is 10.7. The number of carbonyl (C=O) groups excluding carboxylic acids is 2. The maximum absolute atomic E-state index is 12.2. The molecule has 124 valence electrons. The highest BCUT2D eigenvalue weighted by atomic mass is 16.7. The number of nitrogens with zero attached hydrogens (tertiary/aromatic N) is 3. The molecule has 0 radical (unpaired) electrons. The molecule has 1 heterocycles. The Kier molecular flexibility index (Phi) is 4.65. The summed E-state index contributed by atoms with van der Waals surface area (Å²) in [4.78, 5) is 41.0. The van der Waals surface area contributed by atoms with Crippen molar-refractivity contribution in [1.29, 1.82) is 0 Å². The van der Waals surface area contributed by atoms with Crippen LogP contribution in [-0.4, -0.2) is 41.5 Å². The first kappa shape index (κ1) is 16.9. The van der Waals surface area contributed by atoms with E-state index in [1.165, 1.54) is 34.2 Å². The quantitative estimate of drug-likeness (QED) is 0.622. The smallest absolute Gasteiger partial charge is 0.330 e. The lowest BCUT2D eigenvalue weighted by molar-refractivity contribution is -0.384. The zero-order valence-corrected chi connectivity index (χ0v) is 13.3. The van der Waals surface area contributed by atoms with Crippen molar-refractivity contribution < 1.29 is 19.3 Å². The number of hydrogen-bond acceptors (Lipinski definition) is 6. The molecule has 0 spiro atoms. The van der Waals surface area contributed by atoms with Gasteiger partial charge >= 0.3 is 5.97 Å². The normalized spacial score (nSPS) is 16.3. The minimum atomic E-state index is -0.640. The lowest BCUT2D eigenvalue weighted by Crippen LogP contribution is -2.51. The number of carbonyl (C=O) groups is 2. The van der Waals surface area contributed by atoms with Crippen LogP contribution in [0.1, 0.15) is 20.8 Å². The van der Waals surface area contributed by atoms with Crippen molar-refractivity contribution >= 4 is 23.3 Å². The van der Waals surface area contributed by atoms with Crippen LogP contribution in [0.2, 0.25) is 0 Å². The third kappa shape index (κ3) is 4.04. The monoisotopic (exact) mass is 321 g/mol. The van der Waals surface area contributed by atoms with Crippen molar-refractivity contribution in [2.45, 2.75) is 20.8 Å². The fourth-order valence-corrected chi connectivity index (χ4v) is 2.01. The molecule has 8 nitrogen and oxygen atoms in total. The standard InChI is InChI=1S/C15H19N3O5/c1-15(2,3)14(20)23-16-8-9-17(13(19)10-16)11-4-6-12(7-5-11)18(21)22/h4-7H,8-10H2,1-3H3. The molecule has 0 unspecified atom stereocenters. The molecular formula is C15H19N3O5. The molecule has 0 aromatic heterocycles. The Hall–Kier alpha value is -2.48. The van der Waals surface area contributed by atoms with Gasteiger partial charge in [-0.15, -0.1) is 5.06 Å². The predicted molar refractivity (Wildman–Crippen MR) is 82.6 cm³/mol. The Morgan fingerprint density at radius 3 is 2.30 bits per heavy atom. The highest BCUT2D eigenvalue weighted by molar-refractivity contribution is 5.95. The van der Waals surface area contributed by atoms with E-state index in [9.17, 15) is 19.7 Å². The van der Waals surface area contributed by atoms with Crippen molar-refractivity contribution in [3.05, 3.63) is 34.4 Å². The summed E-state index contributed by atoms with van der Waals surface area (Å²) in [6, 6.07) is 5.78. The van der Waals surface area contributed by atoms with E-state index >= 15 is 0 Å². The summed E-state index contributed by atoms with van der Waals surface area (Å²) in [5.74, 6) is -0.624. The number of anilines is 1. The number of rotatable bonds is 3. The summed E-state index contributed by atoms with van der Waals surface area (Å²) < 4.78 is 0. The third-order valence-electron chi connectivity index (χ3n) is 3.38. The lowest BCUT2D eigenvalue weighted by Gasteiger charge is -2.34. The molecule has 8 heteroatoms. The Labute approximate surface area is 133 Å². The number of hydrogen-bond donors (Lipinski definition) is 0. The van der Waals surface area contributed by atoms with Gasteiger partial charge in [0.25, 0.3) is 5.69 Å². The van der Waals surface area contributed by atoms with Gasteiger partial charge < -0.3 is 9.74 Å². The molecule has 0 aliphatic carbocycles. The van der Waals surface area contributed by atoms with Crippen molar-refractivity contribution in [3.63, 3.8) is 0 Å². The number of hydroxylamine groups is 2. The van der Waals surface area contributed by atoms with Crippen molar-refractivity contribution in [1.82, 2.24) is 5.06 Å². The second-order valence-corrected chi connectivity index (χ2v) is 6.31.